The first-order valence-electron chi connectivity index (χ1n) is 5.21. The van der Waals surface area contributed by atoms with Crippen LogP contribution in [0.2, 0.25) is 5.02 Å². The van der Waals surface area contributed by atoms with E-state index in [9.17, 15) is 0 Å². The van der Waals surface area contributed by atoms with E-state index >= 15 is 0 Å². The van der Waals surface area contributed by atoms with Gasteiger partial charge in [0.15, 0.2) is 0 Å². The summed E-state index contributed by atoms with van der Waals surface area (Å²) in [4.78, 5) is 0. The number of nitrogens with one attached hydrogen (secondary N) is 1. The Morgan fingerprint density at radius 1 is 1.56 bits per heavy atom. The molecule has 16 heavy (non-hydrogen) atoms. The van der Waals surface area contributed by atoms with Gasteiger partial charge in [0, 0.05) is 15.5 Å². The van der Waals surface area contributed by atoms with Crippen LogP contribution in [-0.2, 0) is 0 Å². The number of halogens is 2. The normalized spacial score (nSPS) is 12.4. The molecule has 0 radical (unpaired) electrons. The van der Waals surface area contributed by atoms with Crippen LogP contribution < -0.4 is 11.3 Å². The van der Waals surface area contributed by atoms with Crippen molar-refractivity contribution in [2.45, 2.75) is 25.3 Å². The number of allylic oxidation sites excluding steroid dienone is 1. The van der Waals surface area contributed by atoms with Crippen molar-refractivity contribution in [1.29, 1.82) is 0 Å². The Morgan fingerprint density at radius 2 is 2.31 bits per heavy atom. The maximum Gasteiger partial charge on any atom is 0.0474 e. The van der Waals surface area contributed by atoms with Gasteiger partial charge in [0.2, 0.25) is 0 Å². The van der Waals surface area contributed by atoms with Gasteiger partial charge < -0.3 is 0 Å². The fourth-order valence-corrected chi connectivity index (χ4v) is 2.38. The number of rotatable bonds is 6. The molecule has 0 aliphatic carbocycles. The fraction of sp³-hybridized carbons (Fsp3) is 0.333. The first kappa shape index (κ1) is 13.7. The van der Waals surface area contributed by atoms with Gasteiger partial charge in [-0.3, -0.25) is 11.3 Å². The van der Waals surface area contributed by atoms with E-state index in [2.05, 4.69) is 27.9 Å². The summed E-state index contributed by atoms with van der Waals surface area (Å²) in [7, 11) is 0. The van der Waals surface area contributed by atoms with Crippen LogP contribution in [0.4, 0.5) is 0 Å². The molecule has 0 amide bonds. The minimum atomic E-state index is 0.0977. The molecule has 4 heteroatoms. The van der Waals surface area contributed by atoms with E-state index in [1.165, 1.54) is 0 Å². The number of hydrogen-bond acceptors (Lipinski definition) is 2. The minimum absolute atomic E-state index is 0.0977. The molecule has 1 aromatic rings. The Kier molecular flexibility index (Phi) is 6.06. The van der Waals surface area contributed by atoms with Crippen LogP contribution in [-0.4, -0.2) is 0 Å². The summed E-state index contributed by atoms with van der Waals surface area (Å²) in [5.41, 5.74) is 3.84. The minimum Gasteiger partial charge on any atom is -0.271 e. The Hall–Kier alpha value is -0.350. The summed E-state index contributed by atoms with van der Waals surface area (Å²) in [6.07, 6.45) is 4.90. The molecular weight excluding hydrogens is 288 g/mol. The first-order chi connectivity index (χ1) is 7.69. The van der Waals surface area contributed by atoms with Gasteiger partial charge in [-0.25, -0.2) is 0 Å². The number of hydrazine groups is 1. The summed E-state index contributed by atoms with van der Waals surface area (Å²) < 4.78 is 0.975. The summed E-state index contributed by atoms with van der Waals surface area (Å²) in [5, 5.41) is 0.732. The van der Waals surface area contributed by atoms with Gasteiger partial charge in [0.25, 0.3) is 0 Å². The molecule has 0 saturated heterocycles. The third-order valence-corrected chi connectivity index (χ3v) is 3.26. The summed E-state index contributed by atoms with van der Waals surface area (Å²) in [6, 6.07) is 5.94. The molecule has 3 N–H and O–H groups in total. The monoisotopic (exact) mass is 302 g/mol. The van der Waals surface area contributed by atoms with Crippen LogP contribution in [0.25, 0.3) is 0 Å². The van der Waals surface area contributed by atoms with Gasteiger partial charge in [0.05, 0.1) is 0 Å². The fourth-order valence-electron chi connectivity index (χ4n) is 1.58. The van der Waals surface area contributed by atoms with Gasteiger partial charge in [-0.1, -0.05) is 39.7 Å². The highest BCUT2D eigenvalue weighted by atomic mass is 79.9. The van der Waals surface area contributed by atoms with Crippen molar-refractivity contribution in [1.82, 2.24) is 5.43 Å². The molecule has 0 aromatic heterocycles. The van der Waals surface area contributed by atoms with E-state index in [-0.39, 0.29) is 6.04 Å². The topological polar surface area (TPSA) is 38.0 Å². The third-order valence-electron chi connectivity index (χ3n) is 2.44. The largest absolute Gasteiger partial charge is 0.271 e. The Bertz CT molecular complexity index is 355. The molecule has 0 bridgehead atoms. The average molecular weight is 304 g/mol. The van der Waals surface area contributed by atoms with E-state index in [0.717, 1.165) is 34.3 Å². The lowest BCUT2D eigenvalue weighted by Crippen LogP contribution is -2.28. The summed E-state index contributed by atoms with van der Waals surface area (Å²) in [6.45, 7) is 3.70. The van der Waals surface area contributed by atoms with E-state index in [0.29, 0.717) is 0 Å². The molecule has 2 nitrogen and oxygen atoms in total. The molecule has 0 aliphatic heterocycles. The summed E-state index contributed by atoms with van der Waals surface area (Å²) in [5.74, 6) is 5.55. The van der Waals surface area contributed by atoms with Crippen molar-refractivity contribution in [3.63, 3.8) is 0 Å². The van der Waals surface area contributed by atoms with Crippen LogP contribution in [0.5, 0.6) is 0 Å². The van der Waals surface area contributed by atoms with Crippen LogP contribution in [0.15, 0.2) is 35.3 Å². The lowest BCUT2D eigenvalue weighted by molar-refractivity contribution is 0.501. The molecule has 88 valence electrons. The molecule has 0 saturated carbocycles. The lowest BCUT2D eigenvalue weighted by atomic mass is 10.0. The standard InChI is InChI=1S/C12H16BrClN2/c1-2-3-4-5-12(16-15)10-7-6-9(13)8-11(10)14/h2,6-8,12,16H,1,3-5,15H2. The second-order valence-electron chi connectivity index (χ2n) is 3.60. The first-order valence-corrected chi connectivity index (χ1v) is 6.38. The molecule has 0 heterocycles. The van der Waals surface area contributed by atoms with Crippen LogP contribution in [0.1, 0.15) is 30.9 Å². The van der Waals surface area contributed by atoms with Crippen molar-refractivity contribution in [2.24, 2.45) is 5.84 Å². The smallest absolute Gasteiger partial charge is 0.0474 e. The van der Waals surface area contributed by atoms with Crippen molar-refractivity contribution in [3.8, 4) is 0 Å². The van der Waals surface area contributed by atoms with Crippen molar-refractivity contribution < 1.29 is 0 Å². The van der Waals surface area contributed by atoms with Gasteiger partial charge in [-0.2, -0.15) is 0 Å². The van der Waals surface area contributed by atoms with E-state index in [1.807, 2.05) is 24.3 Å². The van der Waals surface area contributed by atoms with Gasteiger partial charge in [-0.15, -0.1) is 6.58 Å². The molecule has 0 spiro atoms. The second kappa shape index (κ2) is 7.07. The maximum atomic E-state index is 6.17. The molecule has 1 atom stereocenters. The zero-order chi connectivity index (χ0) is 12.0. The molecular formula is C12H16BrClN2. The van der Waals surface area contributed by atoms with Gasteiger partial charge in [-0.05, 0) is 37.0 Å². The highest BCUT2D eigenvalue weighted by Gasteiger charge is 2.12. The predicted molar refractivity (Wildman–Crippen MR) is 73.3 cm³/mol. The molecule has 1 rings (SSSR count). The second-order valence-corrected chi connectivity index (χ2v) is 4.93. The quantitative estimate of drug-likeness (QED) is 0.361. The third kappa shape index (κ3) is 3.91. The molecule has 0 aliphatic rings. The number of benzene rings is 1. The lowest BCUT2D eigenvalue weighted by Gasteiger charge is -2.17. The summed E-state index contributed by atoms with van der Waals surface area (Å²) >= 11 is 9.55. The van der Waals surface area contributed by atoms with Crippen molar-refractivity contribution in [3.05, 3.63) is 45.9 Å². The number of hydrogen-bond donors (Lipinski definition) is 2. The van der Waals surface area contributed by atoms with E-state index in [1.54, 1.807) is 0 Å². The Morgan fingerprint density at radius 3 is 2.88 bits per heavy atom. The zero-order valence-electron chi connectivity index (χ0n) is 9.05. The molecule has 1 unspecified atom stereocenters. The van der Waals surface area contributed by atoms with Gasteiger partial charge in [0.1, 0.15) is 0 Å². The van der Waals surface area contributed by atoms with Gasteiger partial charge >= 0.3 is 0 Å². The van der Waals surface area contributed by atoms with E-state index < -0.39 is 0 Å². The molecule has 1 aromatic carbocycles. The highest BCUT2D eigenvalue weighted by molar-refractivity contribution is 9.10. The van der Waals surface area contributed by atoms with Crippen LogP contribution in [0, 0.1) is 0 Å². The van der Waals surface area contributed by atoms with Crippen LogP contribution in [0.3, 0.4) is 0 Å². The number of nitrogens with two attached hydrogens (primary N) is 1. The maximum absolute atomic E-state index is 6.17. The predicted octanol–water partition coefficient (Wildman–Crippen LogP) is 3.96. The van der Waals surface area contributed by atoms with E-state index in [4.69, 9.17) is 17.4 Å². The zero-order valence-corrected chi connectivity index (χ0v) is 11.4. The molecule has 0 fully saturated rings. The SMILES string of the molecule is C=CCCCC(NN)c1ccc(Br)cc1Cl. The highest BCUT2D eigenvalue weighted by Crippen LogP contribution is 2.28. The Balaban J connectivity index is 2.74. The van der Waals surface area contributed by atoms with Crippen molar-refractivity contribution in [2.75, 3.05) is 0 Å². The van der Waals surface area contributed by atoms with Crippen LogP contribution >= 0.6 is 27.5 Å². The number of unbranched alkanes of at least 4 members (excludes halogenated alkanes) is 1. The average Bonchev–Trinajstić information content (AvgIpc) is 2.26. The Labute approximate surface area is 110 Å². The van der Waals surface area contributed by atoms with Crippen molar-refractivity contribution >= 4 is 27.5 Å².